The van der Waals surface area contributed by atoms with Crippen molar-refractivity contribution >= 4 is 17.7 Å². The molecule has 5 heterocycles. The summed E-state index contributed by atoms with van der Waals surface area (Å²) < 4.78 is 33.4. The highest BCUT2D eigenvalue weighted by molar-refractivity contribution is 5.65. The Morgan fingerprint density at radius 1 is 1.14 bits per heavy atom. The van der Waals surface area contributed by atoms with Crippen molar-refractivity contribution in [2.45, 2.75) is 30.9 Å². The molecule has 28 heavy (non-hydrogen) atoms. The molecule has 3 aliphatic heterocycles. The lowest BCUT2D eigenvalue weighted by Crippen LogP contribution is -2.71. The van der Waals surface area contributed by atoms with Crippen LogP contribution in [0.15, 0.2) is 18.5 Å². The average molecular weight is 387 g/mol. The molecule has 0 aromatic carbocycles. The molecule has 6 rings (SSSR count). The van der Waals surface area contributed by atoms with E-state index in [1.54, 1.807) is 12.4 Å². The highest BCUT2D eigenvalue weighted by Crippen LogP contribution is 2.59. The van der Waals surface area contributed by atoms with E-state index >= 15 is 0 Å². The minimum atomic E-state index is -2.58. The molecular weight excluding hydrogens is 368 g/mol. The molecule has 1 aliphatic carbocycles. The maximum atomic E-state index is 14.0. The highest BCUT2D eigenvalue weighted by Gasteiger charge is 2.67. The molecule has 4 fully saturated rings. The molecule has 1 spiro atoms. The van der Waals surface area contributed by atoms with Crippen molar-refractivity contribution < 1.29 is 13.5 Å². The van der Waals surface area contributed by atoms with Gasteiger partial charge in [0.2, 0.25) is 11.9 Å². The molecule has 0 amide bonds. The van der Waals surface area contributed by atoms with Crippen LogP contribution in [0.2, 0.25) is 0 Å². The molecule has 2 atom stereocenters. The van der Waals surface area contributed by atoms with Crippen molar-refractivity contribution in [2.24, 2.45) is 5.41 Å². The van der Waals surface area contributed by atoms with Gasteiger partial charge in [-0.25, -0.2) is 23.7 Å². The molecule has 0 bridgehead atoms. The summed E-state index contributed by atoms with van der Waals surface area (Å²) >= 11 is 0. The maximum Gasteiger partial charge on any atom is 0.257 e. The van der Waals surface area contributed by atoms with Gasteiger partial charge in [0.05, 0.1) is 29.9 Å². The molecular formula is C18H19F2N7O. The van der Waals surface area contributed by atoms with Gasteiger partial charge in [-0.3, -0.25) is 0 Å². The van der Waals surface area contributed by atoms with Crippen LogP contribution in [0.5, 0.6) is 0 Å². The van der Waals surface area contributed by atoms with Gasteiger partial charge in [-0.2, -0.15) is 4.98 Å². The number of morpholine rings is 1. The van der Waals surface area contributed by atoms with Crippen LogP contribution in [0.25, 0.3) is 11.3 Å². The van der Waals surface area contributed by atoms with Crippen LogP contribution >= 0.6 is 0 Å². The number of halogens is 2. The lowest BCUT2D eigenvalue weighted by molar-refractivity contribution is -0.212. The van der Waals surface area contributed by atoms with E-state index in [1.165, 1.54) is 0 Å². The number of nitrogens with zero attached hydrogens (tertiary/aromatic N) is 6. The Balaban J connectivity index is 1.34. The largest absolute Gasteiger partial charge is 0.372 e. The van der Waals surface area contributed by atoms with Gasteiger partial charge < -0.3 is 20.3 Å². The normalized spacial score (nSPS) is 28.6. The number of rotatable bonds is 3. The van der Waals surface area contributed by atoms with Crippen molar-refractivity contribution in [3.8, 4) is 11.3 Å². The summed E-state index contributed by atoms with van der Waals surface area (Å²) in [7, 11) is 0. The number of ether oxygens (including phenoxy) is 1. The molecule has 8 nitrogen and oxygen atoms in total. The first-order valence-electron chi connectivity index (χ1n) is 9.42. The molecule has 4 aliphatic rings. The van der Waals surface area contributed by atoms with Gasteiger partial charge in [0.15, 0.2) is 0 Å². The van der Waals surface area contributed by atoms with Gasteiger partial charge in [0.1, 0.15) is 5.82 Å². The van der Waals surface area contributed by atoms with E-state index in [0.29, 0.717) is 36.3 Å². The first kappa shape index (κ1) is 16.3. The fourth-order valence-corrected chi connectivity index (χ4v) is 4.45. The third kappa shape index (κ3) is 2.12. The fourth-order valence-electron chi connectivity index (χ4n) is 4.45. The van der Waals surface area contributed by atoms with E-state index in [0.717, 1.165) is 12.4 Å². The summed E-state index contributed by atoms with van der Waals surface area (Å²) in [5, 5.41) is 0. The van der Waals surface area contributed by atoms with Crippen LogP contribution < -0.4 is 15.5 Å². The molecule has 2 aromatic heterocycles. The Bertz CT molecular complexity index is 947. The number of nitrogen functional groups attached to an aromatic ring is 1. The number of nitrogens with two attached hydrogens (primary N) is 1. The first-order chi connectivity index (χ1) is 13.4. The topological polar surface area (TPSA) is 93.3 Å². The standard InChI is InChI=1S/C18H19F2N7O/c19-18(20)2-1-17(18)8-26(9-17)16-24-11(10-4-22-15(21)23-5-10)3-14(25-16)27-6-13-12(27)7-28-13/h3-5,12-13H,1-2,6-9H2,(H2,21,22,23)/t12-,13?/m1/s1. The molecule has 1 unspecified atom stereocenters. The Labute approximate surface area is 159 Å². The van der Waals surface area contributed by atoms with E-state index < -0.39 is 11.3 Å². The van der Waals surface area contributed by atoms with Crippen LogP contribution in [-0.4, -0.2) is 64.2 Å². The van der Waals surface area contributed by atoms with Crippen molar-refractivity contribution in [3.63, 3.8) is 0 Å². The number of hydrogen-bond donors (Lipinski definition) is 1. The number of hydrogen-bond acceptors (Lipinski definition) is 8. The zero-order chi connectivity index (χ0) is 19.1. The Hall–Kier alpha value is -2.62. The van der Waals surface area contributed by atoms with E-state index in [-0.39, 0.29) is 31.6 Å². The monoisotopic (exact) mass is 387 g/mol. The van der Waals surface area contributed by atoms with Crippen molar-refractivity contribution in [3.05, 3.63) is 18.5 Å². The predicted molar refractivity (Wildman–Crippen MR) is 97.2 cm³/mol. The summed E-state index contributed by atoms with van der Waals surface area (Å²) in [4.78, 5) is 21.4. The molecule has 0 radical (unpaired) electrons. The van der Waals surface area contributed by atoms with Gasteiger partial charge in [-0.15, -0.1) is 0 Å². The number of aromatic nitrogens is 4. The molecule has 2 N–H and O–H groups in total. The molecule has 3 saturated heterocycles. The van der Waals surface area contributed by atoms with Crippen molar-refractivity contribution in [1.29, 1.82) is 0 Å². The third-order valence-corrected chi connectivity index (χ3v) is 6.61. The Morgan fingerprint density at radius 2 is 1.93 bits per heavy atom. The molecule has 2 aromatic rings. The van der Waals surface area contributed by atoms with Gasteiger partial charge in [0.25, 0.3) is 5.92 Å². The Kier molecular flexibility index (Phi) is 3.07. The second kappa shape index (κ2) is 5.25. The highest BCUT2D eigenvalue weighted by atomic mass is 19.3. The van der Waals surface area contributed by atoms with Gasteiger partial charge in [-0.05, 0) is 6.42 Å². The van der Waals surface area contributed by atoms with E-state index in [9.17, 15) is 8.78 Å². The van der Waals surface area contributed by atoms with Crippen LogP contribution in [-0.2, 0) is 4.74 Å². The van der Waals surface area contributed by atoms with Gasteiger partial charge >= 0.3 is 0 Å². The van der Waals surface area contributed by atoms with Gasteiger partial charge in [0, 0.05) is 50.1 Å². The first-order valence-corrected chi connectivity index (χ1v) is 9.42. The summed E-state index contributed by atoms with van der Waals surface area (Å²) in [5.41, 5.74) is 6.05. The summed E-state index contributed by atoms with van der Waals surface area (Å²) in [5.74, 6) is -1.14. The van der Waals surface area contributed by atoms with Crippen LogP contribution in [0, 0.1) is 5.41 Å². The van der Waals surface area contributed by atoms with Gasteiger partial charge in [-0.1, -0.05) is 0 Å². The lowest BCUT2D eigenvalue weighted by Gasteiger charge is -2.60. The number of alkyl halides is 2. The average Bonchev–Trinajstić information content (AvgIpc) is 2.62. The lowest BCUT2D eigenvalue weighted by atomic mass is 9.60. The predicted octanol–water partition coefficient (Wildman–Crippen LogP) is 1.34. The second-order valence-electron chi connectivity index (χ2n) is 8.17. The smallest absolute Gasteiger partial charge is 0.257 e. The van der Waals surface area contributed by atoms with E-state index in [2.05, 4.69) is 24.8 Å². The maximum absolute atomic E-state index is 14.0. The summed E-state index contributed by atoms with van der Waals surface area (Å²) in [6.45, 7) is 2.04. The van der Waals surface area contributed by atoms with Crippen LogP contribution in [0.4, 0.5) is 26.5 Å². The number of anilines is 3. The molecule has 146 valence electrons. The third-order valence-electron chi connectivity index (χ3n) is 6.61. The fraction of sp³-hybridized carbons (Fsp3) is 0.556. The van der Waals surface area contributed by atoms with Crippen molar-refractivity contribution in [2.75, 3.05) is 41.8 Å². The van der Waals surface area contributed by atoms with E-state index in [4.69, 9.17) is 10.5 Å². The minimum Gasteiger partial charge on any atom is -0.372 e. The zero-order valence-corrected chi connectivity index (χ0v) is 15.1. The summed E-state index contributed by atoms with van der Waals surface area (Å²) in [6, 6.07) is 2.22. The number of fused-ring (bicyclic) bond motifs is 1. The van der Waals surface area contributed by atoms with Crippen molar-refractivity contribution in [1.82, 2.24) is 19.9 Å². The Morgan fingerprint density at radius 3 is 2.46 bits per heavy atom. The second-order valence-corrected chi connectivity index (χ2v) is 8.17. The zero-order valence-electron chi connectivity index (χ0n) is 15.1. The quantitative estimate of drug-likeness (QED) is 0.843. The van der Waals surface area contributed by atoms with E-state index in [1.807, 2.05) is 11.0 Å². The summed E-state index contributed by atoms with van der Waals surface area (Å²) in [6.07, 6.45) is 4.03. The minimum absolute atomic E-state index is 0.0212. The van der Waals surface area contributed by atoms with Crippen LogP contribution in [0.1, 0.15) is 12.8 Å². The van der Waals surface area contributed by atoms with Crippen LogP contribution in [0.3, 0.4) is 0 Å². The molecule has 10 heteroatoms. The molecule has 1 saturated carbocycles. The SMILES string of the molecule is Nc1ncc(-c2cc(N3CC4OC[C@H]43)nc(N3CC4(CCC4(F)F)C3)n2)cn1.